The second-order valence-corrected chi connectivity index (χ2v) is 14.3. The Morgan fingerprint density at radius 2 is 0.980 bits per heavy atom. The number of likely N-dealkylation sites (N-methyl/N-ethyl adjacent to an activating group) is 2. The van der Waals surface area contributed by atoms with E-state index in [1.54, 1.807) is 34.5 Å². The number of nitrogens with zero attached hydrogens (tertiary/aromatic N) is 2. The maximum atomic E-state index is 10.8. The summed E-state index contributed by atoms with van der Waals surface area (Å²) in [6, 6.07) is 23.0. The van der Waals surface area contributed by atoms with Crippen molar-refractivity contribution in [2.24, 2.45) is 0 Å². The molecule has 0 saturated heterocycles. The molecule has 1 N–H and O–H groups in total. The molecule has 2 heterocycles. The van der Waals surface area contributed by atoms with E-state index in [0.29, 0.717) is 11.5 Å². The first-order valence-electron chi connectivity index (χ1n) is 16.7. The van der Waals surface area contributed by atoms with Gasteiger partial charge in [-0.05, 0) is 70.8 Å². The number of halogens is 2. The van der Waals surface area contributed by atoms with Crippen LogP contribution in [0.3, 0.4) is 0 Å². The molecule has 2 aliphatic rings. The van der Waals surface area contributed by atoms with Gasteiger partial charge in [-0.15, -0.1) is 0 Å². The fourth-order valence-electron chi connectivity index (χ4n) is 7.56. The van der Waals surface area contributed by atoms with Crippen molar-refractivity contribution in [1.82, 2.24) is 0 Å². The summed E-state index contributed by atoms with van der Waals surface area (Å²) in [5.74, 6) is 4.32. The van der Waals surface area contributed by atoms with Crippen molar-refractivity contribution < 1.29 is 85.7 Å². The molecule has 8 nitrogen and oxygen atoms in total. The second-order valence-electron chi connectivity index (χ2n) is 14.3. The molecule has 0 aromatic heterocycles. The number of hydrogen-bond acceptors (Lipinski definition) is 6. The highest BCUT2D eigenvalue weighted by molar-refractivity contribution is 5.51. The molecule has 270 valence electrons. The van der Waals surface area contributed by atoms with Gasteiger partial charge in [0.15, 0.2) is 34.5 Å². The van der Waals surface area contributed by atoms with E-state index in [1.165, 1.54) is 27.8 Å². The topological polar surface area (TPSA) is 66.4 Å². The van der Waals surface area contributed by atoms with Crippen molar-refractivity contribution in [3.8, 4) is 40.2 Å². The van der Waals surface area contributed by atoms with E-state index < -0.39 is 0 Å². The van der Waals surface area contributed by atoms with Crippen LogP contribution in [-0.2, 0) is 25.7 Å². The van der Waals surface area contributed by atoms with Gasteiger partial charge in [0.1, 0.15) is 17.8 Å². The molecule has 50 heavy (non-hydrogen) atoms. The Balaban J connectivity index is 0.00000281. The minimum atomic E-state index is 0. The molecule has 6 rings (SSSR count). The summed E-state index contributed by atoms with van der Waals surface area (Å²) in [7, 11) is 15.9. The molecule has 2 atom stereocenters. The number of fused-ring (bicyclic) bond motifs is 2. The lowest BCUT2D eigenvalue weighted by Gasteiger charge is -2.43. The van der Waals surface area contributed by atoms with Gasteiger partial charge < -0.3 is 85.7 Å². The number of quaternary nitrogens is 2. The first-order chi connectivity index (χ1) is 23.0. The zero-order valence-electron chi connectivity index (χ0n) is 30.4. The Labute approximate surface area is 331 Å². The standard InChI is InChI=1S/C40H49N2O6.2HI/c1-41(2)17-15-28-22-37(44-5)39(46-7)24-31(28)33(41)19-26-9-12-30(13-10-26)48-36-21-27(11-14-35(36)43)20-34-32-25-40(47-8)38(45-6)23-29(32)16-18-42(34,3)4;;/h9-14,21-25,33-34H,15-20H2,1-8H3;2*1H/q+1;;/p-1. The quantitative estimate of drug-likeness (QED) is 0.190. The Morgan fingerprint density at radius 1 is 0.560 bits per heavy atom. The van der Waals surface area contributed by atoms with Crippen LogP contribution in [0.15, 0.2) is 66.7 Å². The molecule has 10 heteroatoms. The van der Waals surface area contributed by atoms with Crippen LogP contribution in [0.1, 0.15) is 45.5 Å². The Morgan fingerprint density at radius 3 is 1.44 bits per heavy atom. The third-order valence-electron chi connectivity index (χ3n) is 10.6. The van der Waals surface area contributed by atoms with Gasteiger partial charge in [-0.25, -0.2) is 0 Å². The Bertz CT molecular complexity index is 1790. The predicted octanol–water partition coefficient (Wildman–Crippen LogP) is 1.06. The third-order valence-corrected chi connectivity index (χ3v) is 10.6. The molecule has 0 aliphatic carbocycles. The van der Waals surface area contributed by atoms with Crippen LogP contribution in [0.4, 0.5) is 0 Å². The largest absolute Gasteiger partial charge is 1.00 e. The molecular formula is C40H50I2N2O6. The van der Waals surface area contributed by atoms with Crippen LogP contribution in [0.5, 0.6) is 40.2 Å². The molecule has 2 aliphatic heterocycles. The van der Waals surface area contributed by atoms with Crippen molar-refractivity contribution in [3.63, 3.8) is 0 Å². The summed E-state index contributed by atoms with van der Waals surface area (Å²) in [6.07, 6.45) is 3.65. The monoisotopic (exact) mass is 908 g/mol. The number of ether oxygens (including phenoxy) is 5. The Hall–Kier alpha value is -2.94. The first kappa shape index (κ1) is 39.8. The molecule has 0 spiro atoms. The second kappa shape index (κ2) is 16.2. The van der Waals surface area contributed by atoms with Crippen LogP contribution in [0, 0.1) is 0 Å². The number of aromatic hydroxyl groups is 1. The van der Waals surface area contributed by atoms with Crippen LogP contribution < -0.4 is 71.6 Å². The van der Waals surface area contributed by atoms with Gasteiger partial charge in [0, 0.05) is 36.8 Å². The van der Waals surface area contributed by atoms with Gasteiger partial charge in [0.2, 0.25) is 0 Å². The van der Waals surface area contributed by atoms with E-state index in [-0.39, 0.29) is 65.8 Å². The highest BCUT2D eigenvalue weighted by Gasteiger charge is 2.38. The highest BCUT2D eigenvalue weighted by Crippen LogP contribution is 2.44. The number of phenols is 1. The number of methoxy groups -OCH3 is 4. The summed E-state index contributed by atoms with van der Waals surface area (Å²) >= 11 is 0. The predicted molar refractivity (Wildman–Crippen MR) is 188 cm³/mol. The fraction of sp³-hybridized carbons (Fsp3) is 0.400. The normalized spacial score (nSPS) is 18.3. The first-order valence-corrected chi connectivity index (χ1v) is 16.7. The number of rotatable bonds is 10. The summed E-state index contributed by atoms with van der Waals surface area (Å²) in [5, 5.41) is 10.8. The van der Waals surface area contributed by atoms with Crippen LogP contribution in [0.2, 0.25) is 0 Å². The average molecular weight is 909 g/mol. The smallest absolute Gasteiger partial charge is 0.169 e. The molecule has 2 unspecified atom stereocenters. The van der Waals surface area contributed by atoms with Gasteiger partial charge in [0.05, 0.1) is 69.7 Å². The molecular weight excluding hydrogens is 858 g/mol. The van der Waals surface area contributed by atoms with E-state index in [2.05, 4.69) is 64.6 Å². The number of hydrogen-bond donors (Lipinski definition) is 1. The van der Waals surface area contributed by atoms with E-state index >= 15 is 0 Å². The highest BCUT2D eigenvalue weighted by atomic mass is 127. The summed E-state index contributed by atoms with van der Waals surface area (Å²) in [5.41, 5.74) is 7.52. The SMILES string of the molecule is COc1cc2c(cc1OC)C(Cc1ccc(Oc3cc(CC4c5cc(OC)c(OC)cc5CC[N+]4(C)C)ccc3O)cc1)[N+](C)(C)CC2.[I-].[I-]. The molecule has 4 aromatic carbocycles. The lowest BCUT2D eigenvalue weighted by molar-refractivity contribution is -0.923. The van der Waals surface area contributed by atoms with Crippen LogP contribution >= 0.6 is 0 Å². The molecule has 0 saturated carbocycles. The lowest BCUT2D eigenvalue weighted by Crippen LogP contribution is -3.00. The zero-order valence-corrected chi connectivity index (χ0v) is 34.7. The minimum absolute atomic E-state index is 0. The zero-order chi connectivity index (χ0) is 34.2. The number of benzene rings is 4. The maximum absolute atomic E-state index is 10.8. The van der Waals surface area contributed by atoms with Crippen molar-refractivity contribution >= 4 is 0 Å². The van der Waals surface area contributed by atoms with Crippen LogP contribution in [-0.4, -0.2) is 83.8 Å². The third kappa shape index (κ3) is 8.08. The van der Waals surface area contributed by atoms with Crippen molar-refractivity contribution in [2.45, 2.75) is 37.8 Å². The molecule has 0 bridgehead atoms. The van der Waals surface area contributed by atoms with E-state index in [9.17, 15) is 5.11 Å². The average Bonchev–Trinajstić information content (AvgIpc) is 3.08. The van der Waals surface area contributed by atoms with Gasteiger partial charge in [-0.1, -0.05) is 18.2 Å². The fourth-order valence-corrected chi connectivity index (χ4v) is 7.56. The van der Waals surface area contributed by atoms with E-state index in [4.69, 9.17) is 23.7 Å². The van der Waals surface area contributed by atoms with Crippen molar-refractivity contribution in [2.75, 3.05) is 69.7 Å². The lowest BCUT2D eigenvalue weighted by atomic mass is 9.86. The van der Waals surface area contributed by atoms with Gasteiger partial charge in [-0.3, -0.25) is 0 Å². The summed E-state index contributed by atoms with van der Waals surface area (Å²) < 4.78 is 30.6. The van der Waals surface area contributed by atoms with Crippen molar-refractivity contribution in [3.05, 3.63) is 100 Å². The van der Waals surface area contributed by atoms with E-state index in [1.807, 2.05) is 24.3 Å². The van der Waals surface area contributed by atoms with Crippen molar-refractivity contribution in [1.29, 1.82) is 0 Å². The van der Waals surface area contributed by atoms with Gasteiger partial charge in [-0.2, -0.15) is 0 Å². The minimum Gasteiger partial charge on any atom is -1.00 e. The molecule has 0 amide bonds. The maximum Gasteiger partial charge on any atom is 0.169 e. The Kier molecular flexibility index (Phi) is 12.9. The summed E-state index contributed by atoms with van der Waals surface area (Å²) in [6.45, 7) is 2.07. The van der Waals surface area contributed by atoms with E-state index in [0.717, 1.165) is 76.3 Å². The van der Waals surface area contributed by atoms with Gasteiger partial charge in [0.25, 0.3) is 0 Å². The molecule has 4 aromatic rings. The molecule has 0 radical (unpaired) electrons. The number of phenolic OH excluding ortho intramolecular Hbond substituents is 1. The molecule has 0 fully saturated rings. The summed E-state index contributed by atoms with van der Waals surface area (Å²) in [4.78, 5) is 0. The van der Waals surface area contributed by atoms with Crippen LogP contribution in [0.25, 0.3) is 0 Å². The van der Waals surface area contributed by atoms with Gasteiger partial charge >= 0.3 is 0 Å².